The number of rotatable bonds is 2. The number of hydrogen-bond acceptors (Lipinski definition) is 4. The topological polar surface area (TPSA) is 47.9 Å². The van der Waals surface area contributed by atoms with Crippen LogP contribution in [0.4, 0.5) is 0 Å². The second-order valence-corrected chi connectivity index (χ2v) is 3.95. The van der Waals surface area contributed by atoms with Crippen LogP contribution in [0.5, 0.6) is 11.5 Å². The van der Waals surface area contributed by atoms with Gasteiger partial charge in [0.15, 0.2) is 17.8 Å². The van der Waals surface area contributed by atoms with Crippen LogP contribution in [-0.2, 0) is 9.47 Å². The fourth-order valence-electron chi connectivity index (χ4n) is 1.64. The molecule has 1 unspecified atom stereocenters. The quantitative estimate of drug-likeness (QED) is 0.836. The summed E-state index contributed by atoms with van der Waals surface area (Å²) in [6.45, 7) is 3.95. The number of methoxy groups -OCH3 is 1. The maximum Gasteiger partial charge on any atom is 0.184 e. The van der Waals surface area contributed by atoms with E-state index in [9.17, 15) is 5.11 Å². The van der Waals surface area contributed by atoms with Crippen molar-refractivity contribution in [2.75, 3.05) is 7.11 Å². The van der Waals surface area contributed by atoms with E-state index >= 15 is 0 Å². The highest BCUT2D eigenvalue weighted by molar-refractivity contribution is 5.42. The van der Waals surface area contributed by atoms with E-state index < -0.39 is 0 Å². The van der Waals surface area contributed by atoms with Gasteiger partial charge in [0.2, 0.25) is 0 Å². The number of aromatic hydroxyl groups is 1. The minimum absolute atomic E-state index is 0.0739. The SMILES string of the molecule is COc1cc(C2O[C@@H](C)[C@@H](C)O2)ccc1O. The zero-order valence-electron chi connectivity index (χ0n) is 9.64. The number of ether oxygens (including phenoxy) is 3. The number of phenolic OH excluding ortho intramolecular Hbond substituents is 1. The third kappa shape index (κ3) is 1.99. The van der Waals surface area contributed by atoms with Crippen LogP contribution in [-0.4, -0.2) is 24.4 Å². The molecule has 0 radical (unpaired) electrons. The summed E-state index contributed by atoms with van der Waals surface area (Å²) in [6, 6.07) is 5.08. The van der Waals surface area contributed by atoms with Crippen molar-refractivity contribution >= 4 is 0 Å². The highest BCUT2D eigenvalue weighted by Gasteiger charge is 2.31. The van der Waals surface area contributed by atoms with E-state index in [1.54, 1.807) is 18.2 Å². The first-order valence-electron chi connectivity index (χ1n) is 5.29. The van der Waals surface area contributed by atoms with Crippen molar-refractivity contribution in [3.05, 3.63) is 23.8 Å². The van der Waals surface area contributed by atoms with Crippen molar-refractivity contribution in [3.63, 3.8) is 0 Å². The lowest BCUT2D eigenvalue weighted by Gasteiger charge is -2.12. The van der Waals surface area contributed by atoms with E-state index in [0.717, 1.165) is 5.56 Å². The standard InChI is InChI=1S/C12H16O4/c1-7-8(2)16-12(15-7)9-4-5-10(13)11(6-9)14-3/h4-8,12-13H,1-3H3/t7-,8+,12?. The van der Waals surface area contributed by atoms with Gasteiger partial charge in [-0.3, -0.25) is 0 Å². The highest BCUT2D eigenvalue weighted by atomic mass is 16.7. The Kier molecular flexibility index (Phi) is 3.03. The molecule has 1 aromatic carbocycles. The maximum absolute atomic E-state index is 9.48. The first-order chi connectivity index (χ1) is 7.61. The van der Waals surface area contributed by atoms with E-state index in [0.29, 0.717) is 5.75 Å². The van der Waals surface area contributed by atoms with E-state index in [1.165, 1.54) is 7.11 Å². The first-order valence-corrected chi connectivity index (χ1v) is 5.29. The molecule has 0 aromatic heterocycles. The molecule has 0 amide bonds. The van der Waals surface area contributed by atoms with Gasteiger partial charge < -0.3 is 19.3 Å². The highest BCUT2D eigenvalue weighted by Crippen LogP contribution is 2.35. The van der Waals surface area contributed by atoms with Crippen LogP contribution in [0.2, 0.25) is 0 Å². The van der Waals surface area contributed by atoms with E-state index in [-0.39, 0.29) is 24.2 Å². The molecule has 4 heteroatoms. The van der Waals surface area contributed by atoms with Crippen molar-refractivity contribution in [2.45, 2.75) is 32.3 Å². The van der Waals surface area contributed by atoms with Crippen LogP contribution in [0.1, 0.15) is 25.7 Å². The lowest BCUT2D eigenvalue weighted by atomic mass is 10.2. The molecule has 4 nitrogen and oxygen atoms in total. The molecule has 1 aromatic rings. The average molecular weight is 224 g/mol. The zero-order valence-corrected chi connectivity index (χ0v) is 9.64. The van der Waals surface area contributed by atoms with Gasteiger partial charge in [0, 0.05) is 5.56 Å². The molecule has 3 atom stereocenters. The third-order valence-electron chi connectivity index (χ3n) is 2.81. The van der Waals surface area contributed by atoms with E-state index in [2.05, 4.69) is 0 Å². The van der Waals surface area contributed by atoms with Crippen molar-refractivity contribution in [1.29, 1.82) is 0 Å². The summed E-state index contributed by atoms with van der Waals surface area (Å²) in [5, 5.41) is 9.48. The Morgan fingerprint density at radius 1 is 1.19 bits per heavy atom. The monoisotopic (exact) mass is 224 g/mol. The Morgan fingerprint density at radius 2 is 1.81 bits per heavy atom. The molecular weight excluding hydrogens is 208 g/mol. The smallest absolute Gasteiger partial charge is 0.184 e. The van der Waals surface area contributed by atoms with Gasteiger partial charge >= 0.3 is 0 Å². The maximum atomic E-state index is 9.48. The lowest BCUT2D eigenvalue weighted by molar-refractivity contribution is -0.0653. The first kappa shape index (κ1) is 11.2. The van der Waals surface area contributed by atoms with Crippen LogP contribution in [0.15, 0.2) is 18.2 Å². The largest absolute Gasteiger partial charge is 0.504 e. The van der Waals surface area contributed by atoms with Gasteiger partial charge in [-0.25, -0.2) is 0 Å². The van der Waals surface area contributed by atoms with Crippen LogP contribution in [0.25, 0.3) is 0 Å². The van der Waals surface area contributed by atoms with Crippen molar-refractivity contribution in [2.24, 2.45) is 0 Å². The van der Waals surface area contributed by atoms with Crippen LogP contribution in [0.3, 0.4) is 0 Å². The summed E-state index contributed by atoms with van der Waals surface area (Å²) < 4.78 is 16.3. The molecule has 0 spiro atoms. The molecule has 1 heterocycles. The van der Waals surface area contributed by atoms with Gasteiger partial charge in [0.1, 0.15) is 0 Å². The summed E-state index contributed by atoms with van der Waals surface area (Å²) in [4.78, 5) is 0. The number of hydrogen-bond donors (Lipinski definition) is 1. The Labute approximate surface area is 94.8 Å². The van der Waals surface area contributed by atoms with E-state index in [1.807, 2.05) is 13.8 Å². The van der Waals surface area contributed by atoms with Gasteiger partial charge in [-0.05, 0) is 26.0 Å². The molecule has 0 saturated carbocycles. The lowest BCUT2D eigenvalue weighted by Crippen LogP contribution is -2.13. The summed E-state index contributed by atoms with van der Waals surface area (Å²) in [5.41, 5.74) is 0.853. The molecule has 88 valence electrons. The molecule has 0 aliphatic carbocycles. The van der Waals surface area contributed by atoms with Crippen molar-refractivity contribution in [3.8, 4) is 11.5 Å². The summed E-state index contributed by atoms with van der Waals surface area (Å²) in [6.07, 6.45) is -0.228. The predicted molar refractivity (Wildman–Crippen MR) is 58.5 cm³/mol. The van der Waals surface area contributed by atoms with Gasteiger partial charge in [0.05, 0.1) is 19.3 Å². The molecule has 1 N–H and O–H groups in total. The predicted octanol–water partition coefficient (Wildman–Crippen LogP) is 2.22. The molecule has 1 fully saturated rings. The number of phenols is 1. The Balaban J connectivity index is 2.22. The fourth-order valence-corrected chi connectivity index (χ4v) is 1.64. The van der Waals surface area contributed by atoms with Crippen LogP contribution < -0.4 is 4.74 Å². The molecular formula is C12H16O4. The van der Waals surface area contributed by atoms with Gasteiger partial charge in [-0.15, -0.1) is 0 Å². The van der Waals surface area contributed by atoms with Crippen molar-refractivity contribution < 1.29 is 19.3 Å². The average Bonchev–Trinajstić information content (AvgIpc) is 2.60. The Bertz CT molecular complexity index is 367. The molecule has 2 rings (SSSR count). The minimum Gasteiger partial charge on any atom is -0.504 e. The van der Waals surface area contributed by atoms with Gasteiger partial charge in [-0.2, -0.15) is 0 Å². The molecule has 0 bridgehead atoms. The summed E-state index contributed by atoms with van der Waals surface area (Å²) >= 11 is 0. The zero-order chi connectivity index (χ0) is 11.7. The van der Waals surface area contributed by atoms with Crippen LogP contribution in [0, 0.1) is 0 Å². The minimum atomic E-state index is -0.375. The third-order valence-corrected chi connectivity index (χ3v) is 2.81. The molecule has 1 aliphatic heterocycles. The summed E-state index contributed by atoms with van der Waals surface area (Å²) in [7, 11) is 1.51. The Hall–Kier alpha value is -1.26. The Morgan fingerprint density at radius 3 is 2.38 bits per heavy atom. The fraction of sp³-hybridized carbons (Fsp3) is 0.500. The van der Waals surface area contributed by atoms with Gasteiger partial charge in [0.25, 0.3) is 0 Å². The molecule has 1 aliphatic rings. The second-order valence-electron chi connectivity index (χ2n) is 3.95. The summed E-state index contributed by atoms with van der Waals surface area (Å²) in [5.74, 6) is 0.544. The van der Waals surface area contributed by atoms with E-state index in [4.69, 9.17) is 14.2 Å². The van der Waals surface area contributed by atoms with Crippen LogP contribution >= 0.6 is 0 Å². The number of benzene rings is 1. The second kappa shape index (κ2) is 4.31. The normalized spacial score (nSPS) is 29.3. The van der Waals surface area contributed by atoms with Gasteiger partial charge in [-0.1, -0.05) is 6.07 Å². The van der Waals surface area contributed by atoms with Crippen molar-refractivity contribution in [1.82, 2.24) is 0 Å². The molecule has 16 heavy (non-hydrogen) atoms. The molecule has 1 saturated heterocycles.